The summed E-state index contributed by atoms with van der Waals surface area (Å²) in [6.45, 7) is 0.242. The lowest BCUT2D eigenvalue weighted by molar-refractivity contribution is 0.0618. The molecule has 4 nitrogen and oxygen atoms in total. The van der Waals surface area contributed by atoms with Crippen molar-refractivity contribution in [1.29, 1.82) is 0 Å². The molecule has 0 spiro atoms. The summed E-state index contributed by atoms with van der Waals surface area (Å²) >= 11 is 7.42. The van der Waals surface area contributed by atoms with Crippen molar-refractivity contribution in [2.45, 2.75) is 51.3 Å². The van der Waals surface area contributed by atoms with Gasteiger partial charge in [-0.25, -0.2) is 8.78 Å². The third-order valence-electron chi connectivity index (χ3n) is 7.24. The molecule has 1 saturated carbocycles. The Hall–Kier alpha value is -3.00. The van der Waals surface area contributed by atoms with Crippen LogP contribution in [0.4, 0.5) is 8.78 Å². The fourth-order valence-corrected chi connectivity index (χ4v) is 6.70. The van der Waals surface area contributed by atoms with Crippen LogP contribution in [-0.2, 0) is 13.2 Å². The molecule has 1 aliphatic carbocycles. The van der Waals surface area contributed by atoms with Crippen LogP contribution in [0.3, 0.4) is 0 Å². The van der Waals surface area contributed by atoms with E-state index < -0.39 is 11.6 Å². The second kappa shape index (κ2) is 11.4. The molecule has 0 radical (unpaired) electrons. The summed E-state index contributed by atoms with van der Waals surface area (Å²) in [6.07, 6.45) is 4.82. The van der Waals surface area contributed by atoms with Crippen LogP contribution in [0.1, 0.15) is 52.9 Å². The summed E-state index contributed by atoms with van der Waals surface area (Å²) in [4.78, 5) is 16.0. The minimum absolute atomic E-state index is 0.0237. The Morgan fingerprint density at radius 2 is 1.71 bits per heavy atom. The van der Waals surface area contributed by atoms with E-state index in [1.807, 2.05) is 42.5 Å². The summed E-state index contributed by atoms with van der Waals surface area (Å²) in [6, 6.07) is 15.5. The Morgan fingerprint density at radius 3 is 2.37 bits per heavy atom. The zero-order valence-electron chi connectivity index (χ0n) is 21.0. The molecule has 1 aliphatic rings. The van der Waals surface area contributed by atoms with Crippen LogP contribution in [0.2, 0.25) is 5.02 Å². The predicted molar refractivity (Wildman–Crippen MR) is 148 cm³/mol. The Morgan fingerprint density at radius 1 is 1.03 bits per heavy atom. The van der Waals surface area contributed by atoms with E-state index in [4.69, 9.17) is 16.3 Å². The number of halogens is 3. The second-order valence-corrected chi connectivity index (χ2v) is 11.0. The number of fused-ring (bicyclic) bond motifs is 1. The molecule has 0 bridgehead atoms. The molecule has 1 aromatic heterocycles. The van der Waals surface area contributed by atoms with Crippen molar-refractivity contribution in [2.24, 2.45) is 0 Å². The van der Waals surface area contributed by atoms with Crippen LogP contribution in [-0.4, -0.2) is 29.1 Å². The molecule has 1 amide bonds. The second-order valence-electron chi connectivity index (χ2n) is 9.59. The van der Waals surface area contributed by atoms with Gasteiger partial charge in [-0.15, -0.1) is 11.3 Å². The minimum Gasteiger partial charge on any atom is -0.496 e. The average Bonchev–Trinajstić information content (AvgIpc) is 3.32. The molecular formula is C30H28ClF2NO3S. The van der Waals surface area contributed by atoms with E-state index in [-0.39, 0.29) is 45.1 Å². The van der Waals surface area contributed by atoms with Crippen molar-refractivity contribution >= 4 is 38.9 Å². The number of aliphatic hydroxyl groups is 1. The number of nitrogens with zero attached hydrogens (tertiary/aromatic N) is 1. The van der Waals surface area contributed by atoms with Crippen LogP contribution in [0.15, 0.2) is 54.6 Å². The molecule has 0 unspecified atom stereocenters. The fraction of sp³-hybridized carbons (Fsp3) is 0.300. The molecule has 4 aromatic rings. The summed E-state index contributed by atoms with van der Waals surface area (Å²) in [5.74, 6) is -0.929. The van der Waals surface area contributed by atoms with Crippen LogP contribution in [0, 0.1) is 11.6 Å². The maximum atomic E-state index is 14.6. The third kappa shape index (κ3) is 5.15. The van der Waals surface area contributed by atoms with Gasteiger partial charge in [0.05, 0.1) is 28.8 Å². The van der Waals surface area contributed by atoms with E-state index in [1.165, 1.54) is 0 Å². The Bertz CT molecular complexity index is 1460. The first-order chi connectivity index (χ1) is 18.4. The third-order valence-corrected chi connectivity index (χ3v) is 8.92. The smallest absolute Gasteiger partial charge is 0.266 e. The Labute approximate surface area is 229 Å². The number of amides is 1. The van der Waals surface area contributed by atoms with Gasteiger partial charge < -0.3 is 14.7 Å². The van der Waals surface area contributed by atoms with Crippen molar-refractivity contribution in [3.8, 4) is 16.9 Å². The van der Waals surface area contributed by atoms with Gasteiger partial charge in [0.2, 0.25) is 0 Å². The number of methoxy groups -OCH3 is 1. The number of hydrogen-bond acceptors (Lipinski definition) is 4. The summed E-state index contributed by atoms with van der Waals surface area (Å²) in [5, 5.41) is 9.28. The number of thiophene rings is 1. The summed E-state index contributed by atoms with van der Waals surface area (Å²) in [5.41, 5.74) is 3.57. The maximum absolute atomic E-state index is 14.6. The molecule has 38 heavy (non-hydrogen) atoms. The van der Waals surface area contributed by atoms with Crippen molar-refractivity contribution in [2.75, 3.05) is 7.11 Å². The average molecular weight is 556 g/mol. The minimum atomic E-state index is -0.646. The first-order valence-corrected chi connectivity index (χ1v) is 13.8. The molecule has 8 heteroatoms. The lowest BCUT2D eigenvalue weighted by Crippen LogP contribution is -2.40. The highest BCUT2D eigenvalue weighted by Crippen LogP contribution is 2.40. The standard InChI is InChI=1S/C30H28ClF2NO3S/c1-37-25-14-11-20(19-9-7-18(17-35)8-10-19)15-21(25)16-34(22-5-3-2-4-6-22)30(36)29-27(31)26-23(32)12-13-24(33)28(26)38-29/h7-15,22,35H,2-6,16-17H2,1H3. The van der Waals surface area contributed by atoms with Crippen LogP contribution in [0.5, 0.6) is 5.75 Å². The molecule has 0 saturated heterocycles. The topological polar surface area (TPSA) is 49.8 Å². The van der Waals surface area contributed by atoms with Gasteiger partial charge in [0.25, 0.3) is 5.91 Å². The van der Waals surface area contributed by atoms with Gasteiger partial charge >= 0.3 is 0 Å². The fourth-order valence-electron chi connectivity index (χ4n) is 5.19. The van der Waals surface area contributed by atoms with Gasteiger partial charge in [0.1, 0.15) is 22.3 Å². The monoisotopic (exact) mass is 555 g/mol. The molecular weight excluding hydrogens is 528 g/mol. The maximum Gasteiger partial charge on any atom is 0.266 e. The van der Waals surface area contributed by atoms with Crippen molar-refractivity contribution < 1.29 is 23.4 Å². The molecule has 0 atom stereocenters. The number of hydrogen-bond donors (Lipinski definition) is 1. The van der Waals surface area contributed by atoms with E-state index in [1.54, 1.807) is 12.0 Å². The van der Waals surface area contributed by atoms with Gasteiger partial charge in [-0.1, -0.05) is 61.2 Å². The Kier molecular flexibility index (Phi) is 7.98. The molecule has 1 fully saturated rings. The highest BCUT2D eigenvalue weighted by atomic mass is 35.5. The van der Waals surface area contributed by atoms with Gasteiger partial charge in [0.15, 0.2) is 0 Å². The quantitative estimate of drug-likeness (QED) is 0.251. The van der Waals surface area contributed by atoms with E-state index in [0.717, 1.165) is 77.8 Å². The lowest BCUT2D eigenvalue weighted by atomic mass is 9.93. The molecule has 1 N–H and O–H groups in total. The summed E-state index contributed by atoms with van der Waals surface area (Å²) < 4.78 is 34.8. The zero-order chi connectivity index (χ0) is 26.8. The zero-order valence-corrected chi connectivity index (χ0v) is 22.5. The van der Waals surface area contributed by atoms with Crippen molar-refractivity contribution in [3.63, 3.8) is 0 Å². The highest BCUT2D eigenvalue weighted by molar-refractivity contribution is 7.21. The van der Waals surface area contributed by atoms with Crippen molar-refractivity contribution in [1.82, 2.24) is 4.90 Å². The van der Waals surface area contributed by atoms with Gasteiger partial charge in [0, 0.05) is 18.2 Å². The van der Waals surface area contributed by atoms with E-state index in [2.05, 4.69) is 0 Å². The molecule has 198 valence electrons. The van der Waals surface area contributed by atoms with Crippen LogP contribution < -0.4 is 4.74 Å². The first-order valence-electron chi connectivity index (χ1n) is 12.6. The van der Waals surface area contributed by atoms with Gasteiger partial charge in [-0.2, -0.15) is 0 Å². The Balaban J connectivity index is 1.55. The molecule has 3 aromatic carbocycles. The van der Waals surface area contributed by atoms with E-state index in [0.29, 0.717) is 5.75 Å². The van der Waals surface area contributed by atoms with E-state index in [9.17, 15) is 18.7 Å². The first kappa shape index (κ1) is 26.6. The molecule has 1 heterocycles. The number of benzene rings is 3. The SMILES string of the molecule is COc1ccc(-c2ccc(CO)cc2)cc1CN(C(=O)c1sc2c(F)ccc(F)c2c1Cl)C1CCCCC1. The van der Waals surface area contributed by atoms with Gasteiger partial charge in [-0.05, 0) is 53.8 Å². The molecule has 0 aliphatic heterocycles. The largest absolute Gasteiger partial charge is 0.496 e. The van der Waals surface area contributed by atoms with Crippen LogP contribution in [0.25, 0.3) is 21.2 Å². The van der Waals surface area contributed by atoms with Crippen molar-refractivity contribution in [3.05, 3.63) is 87.3 Å². The highest BCUT2D eigenvalue weighted by Gasteiger charge is 2.31. The molecule has 5 rings (SSSR count). The van der Waals surface area contributed by atoms with Crippen LogP contribution >= 0.6 is 22.9 Å². The normalized spacial score (nSPS) is 14.1. The predicted octanol–water partition coefficient (Wildman–Crippen LogP) is 7.98. The summed E-state index contributed by atoms with van der Waals surface area (Å²) in [7, 11) is 1.59. The lowest BCUT2D eigenvalue weighted by Gasteiger charge is -2.34. The number of carbonyl (C=O) groups excluding carboxylic acids is 1. The number of ether oxygens (including phenoxy) is 1. The number of rotatable bonds is 7. The number of carbonyl (C=O) groups is 1. The van der Waals surface area contributed by atoms with E-state index >= 15 is 0 Å². The number of aliphatic hydroxyl groups excluding tert-OH is 1. The van der Waals surface area contributed by atoms with Gasteiger partial charge in [-0.3, -0.25) is 4.79 Å².